The molecule has 194 valence electrons. The summed E-state index contributed by atoms with van der Waals surface area (Å²) in [4.78, 5) is 8.65. The molecule has 0 fully saturated rings. The van der Waals surface area contributed by atoms with Crippen LogP contribution in [-0.2, 0) is 25.7 Å². The molecule has 0 radical (unpaired) electrons. The molecule has 0 saturated carbocycles. The predicted molar refractivity (Wildman–Crippen MR) is 130 cm³/mol. The van der Waals surface area contributed by atoms with Crippen molar-refractivity contribution >= 4 is 10.8 Å². The van der Waals surface area contributed by atoms with E-state index < -0.39 is 29.8 Å². The second kappa shape index (κ2) is 12.0. The summed E-state index contributed by atoms with van der Waals surface area (Å²) in [6.45, 7) is -0.706. The van der Waals surface area contributed by atoms with Crippen LogP contribution < -0.4 is 9.47 Å². The molecule has 0 aliphatic rings. The molecule has 37 heavy (non-hydrogen) atoms. The van der Waals surface area contributed by atoms with Gasteiger partial charge >= 0.3 is 6.61 Å². The third kappa shape index (κ3) is 6.72. The van der Waals surface area contributed by atoms with Crippen LogP contribution >= 0.6 is 0 Å². The first-order valence-electron chi connectivity index (χ1n) is 11.9. The monoisotopic (exact) mass is 516 g/mol. The third-order valence-electron chi connectivity index (χ3n) is 5.84. The van der Waals surface area contributed by atoms with Crippen molar-refractivity contribution in [2.24, 2.45) is 0 Å². The summed E-state index contributed by atoms with van der Waals surface area (Å²) < 4.78 is 77.1. The maximum atomic E-state index is 15.2. The zero-order chi connectivity index (χ0) is 26.4. The van der Waals surface area contributed by atoms with E-state index in [-0.39, 0.29) is 18.4 Å². The maximum absolute atomic E-state index is 15.2. The Kier molecular flexibility index (Phi) is 8.53. The zero-order valence-corrected chi connectivity index (χ0v) is 20.1. The number of hydrogen-bond acceptors (Lipinski definition) is 4. The van der Waals surface area contributed by atoms with Crippen molar-refractivity contribution < 1.29 is 31.4 Å². The molecule has 1 heterocycles. The molecular weight excluding hydrogens is 491 g/mol. The molecule has 1 aromatic heterocycles. The van der Waals surface area contributed by atoms with Gasteiger partial charge in [0, 0.05) is 11.8 Å². The standard InChI is InChI=1S/C28H25F5N2O2/c1-2-11-36-21-15-34-25(35-16-21)10-5-17-4-9-22-20(12-17)8-7-19(26(22)31)6-3-18-13-23(29)27(24(30)14-18)37-28(32)33/h4,7-9,12-16,28H,2-3,5-6,10-11H2,1H3. The Bertz CT molecular complexity index is 1340. The van der Waals surface area contributed by atoms with Crippen LogP contribution in [0.2, 0.25) is 0 Å². The average molecular weight is 517 g/mol. The summed E-state index contributed by atoms with van der Waals surface area (Å²) in [7, 11) is 0. The molecule has 0 aliphatic heterocycles. The van der Waals surface area contributed by atoms with Gasteiger partial charge in [0.2, 0.25) is 0 Å². The van der Waals surface area contributed by atoms with E-state index in [0.29, 0.717) is 42.0 Å². The van der Waals surface area contributed by atoms with Gasteiger partial charge in [0.15, 0.2) is 23.1 Å². The number of hydrogen-bond donors (Lipinski definition) is 0. The molecule has 0 saturated heterocycles. The zero-order valence-electron chi connectivity index (χ0n) is 20.1. The van der Waals surface area contributed by atoms with E-state index in [0.717, 1.165) is 29.5 Å². The number of aromatic nitrogens is 2. The third-order valence-corrected chi connectivity index (χ3v) is 5.84. The van der Waals surface area contributed by atoms with Gasteiger partial charge in [-0.3, -0.25) is 0 Å². The van der Waals surface area contributed by atoms with Crippen LogP contribution in [0.3, 0.4) is 0 Å². The van der Waals surface area contributed by atoms with Crippen molar-refractivity contribution in [3.63, 3.8) is 0 Å². The fourth-order valence-electron chi connectivity index (χ4n) is 4.00. The van der Waals surface area contributed by atoms with Gasteiger partial charge in [0.25, 0.3) is 0 Å². The Morgan fingerprint density at radius 1 is 0.811 bits per heavy atom. The smallest absolute Gasteiger partial charge is 0.387 e. The van der Waals surface area contributed by atoms with Gasteiger partial charge in [0.1, 0.15) is 11.6 Å². The summed E-state index contributed by atoms with van der Waals surface area (Å²) in [5.74, 6) is -2.67. The molecule has 9 heteroatoms. The molecule has 4 rings (SSSR count). The van der Waals surface area contributed by atoms with Gasteiger partial charge in [-0.25, -0.2) is 23.1 Å². The second-order valence-corrected chi connectivity index (χ2v) is 8.54. The molecule has 4 aromatic rings. The summed E-state index contributed by atoms with van der Waals surface area (Å²) in [6, 6.07) is 10.7. The largest absolute Gasteiger partial charge is 0.490 e. The highest BCUT2D eigenvalue weighted by Gasteiger charge is 2.17. The Balaban J connectivity index is 1.41. The van der Waals surface area contributed by atoms with Crippen molar-refractivity contribution in [3.8, 4) is 11.5 Å². The summed E-state index contributed by atoms with van der Waals surface area (Å²) >= 11 is 0. The highest BCUT2D eigenvalue weighted by molar-refractivity contribution is 5.84. The average Bonchev–Trinajstić information content (AvgIpc) is 2.88. The van der Waals surface area contributed by atoms with Crippen LogP contribution in [0, 0.1) is 17.5 Å². The first-order chi connectivity index (χ1) is 17.8. The number of alkyl halides is 2. The number of fused-ring (bicyclic) bond motifs is 1. The lowest BCUT2D eigenvalue weighted by Crippen LogP contribution is -2.06. The van der Waals surface area contributed by atoms with Crippen LogP contribution in [0.15, 0.2) is 54.9 Å². The van der Waals surface area contributed by atoms with Crippen molar-refractivity contribution in [2.75, 3.05) is 6.61 Å². The van der Waals surface area contributed by atoms with Crippen LogP contribution in [-0.4, -0.2) is 23.2 Å². The molecule has 0 aliphatic carbocycles. The first-order valence-corrected chi connectivity index (χ1v) is 11.9. The predicted octanol–water partition coefficient (Wildman–Crippen LogP) is 7.01. The van der Waals surface area contributed by atoms with Gasteiger partial charge in [0.05, 0.1) is 19.0 Å². The van der Waals surface area contributed by atoms with Crippen LogP contribution in [0.25, 0.3) is 10.8 Å². The maximum Gasteiger partial charge on any atom is 0.387 e. The van der Waals surface area contributed by atoms with Gasteiger partial charge in [-0.05, 0) is 59.9 Å². The Labute approximate surface area is 211 Å². The van der Waals surface area contributed by atoms with Crippen molar-refractivity contribution in [3.05, 3.63) is 94.8 Å². The van der Waals surface area contributed by atoms with E-state index in [1.807, 2.05) is 19.1 Å². The van der Waals surface area contributed by atoms with E-state index in [4.69, 9.17) is 4.74 Å². The number of nitrogens with zero attached hydrogens (tertiary/aromatic N) is 2. The minimum absolute atomic E-state index is 0.117. The lowest BCUT2D eigenvalue weighted by Gasteiger charge is -2.11. The second-order valence-electron chi connectivity index (χ2n) is 8.54. The minimum atomic E-state index is -3.34. The van der Waals surface area contributed by atoms with Gasteiger partial charge in [-0.1, -0.05) is 37.3 Å². The molecule has 0 spiro atoms. The lowest BCUT2D eigenvalue weighted by molar-refractivity contribution is -0.0546. The van der Waals surface area contributed by atoms with Crippen LogP contribution in [0.4, 0.5) is 22.0 Å². The number of benzene rings is 3. The van der Waals surface area contributed by atoms with E-state index >= 15 is 4.39 Å². The summed E-state index contributed by atoms with van der Waals surface area (Å²) in [6.07, 6.45) is 5.80. The van der Waals surface area contributed by atoms with Gasteiger partial charge in [-0.15, -0.1) is 0 Å². The fraction of sp³-hybridized carbons (Fsp3) is 0.286. The number of halogens is 5. The highest BCUT2D eigenvalue weighted by Crippen LogP contribution is 2.27. The topological polar surface area (TPSA) is 44.2 Å². The van der Waals surface area contributed by atoms with Crippen molar-refractivity contribution in [2.45, 2.75) is 45.6 Å². The molecule has 0 amide bonds. The molecule has 0 atom stereocenters. The van der Waals surface area contributed by atoms with E-state index in [9.17, 15) is 17.6 Å². The van der Waals surface area contributed by atoms with Crippen LogP contribution in [0.1, 0.15) is 35.9 Å². The molecule has 4 nitrogen and oxygen atoms in total. The molecule has 0 bridgehead atoms. The highest BCUT2D eigenvalue weighted by atomic mass is 19.3. The number of aryl methyl sites for hydroxylation is 4. The lowest BCUT2D eigenvalue weighted by atomic mass is 9.98. The summed E-state index contributed by atoms with van der Waals surface area (Å²) in [5.41, 5.74) is 1.60. The normalized spacial score (nSPS) is 11.3. The molecule has 3 aromatic carbocycles. The quantitative estimate of drug-likeness (QED) is 0.201. The van der Waals surface area contributed by atoms with Gasteiger partial charge < -0.3 is 9.47 Å². The fourth-order valence-corrected chi connectivity index (χ4v) is 4.00. The van der Waals surface area contributed by atoms with Crippen molar-refractivity contribution in [1.29, 1.82) is 0 Å². The SMILES string of the molecule is CCCOc1cnc(CCc2ccc3c(F)c(CCc4cc(F)c(OC(F)F)c(F)c4)ccc3c2)nc1. The molecular formula is C28H25F5N2O2. The number of ether oxygens (including phenoxy) is 2. The summed E-state index contributed by atoms with van der Waals surface area (Å²) in [5, 5.41) is 1.17. The van der Waals surface area contributed by atoms with Gasteiger partial charge in [-0.2, -0.15) is 8.78 Å². The first kappa shape index (κ1) is 26.3. The minimum Gasteiger partial charge on any atom is -0.490 e. The van der Waals surface area contributed by atoms with E-state index in [1.165, 1.54) is 0 Å². The Morgan fingerprint density at radius 2 is 1.51 bits per heavy atom. The van der Waals surface area contributed by atoms with Crippen LogP contribution in [0.5, 0.6) is 11.5 Å². The Morgan fingerprint density at radius 3 is 2.19 bits per heavy atom. The van der Waals surface area contributed by atoms with E-state index in [1.54, 1.807) is 30.6 Å². The molecule has 0 N–H and O–H groups in total. The number of rotatable bonds is 11. The Hall–Kier alpha value is -3.75. The molecule has 0 unspecified atom stereocenters. The van der Waals surface area contributed by atoms with Crippen molar-refractivity contribution in [1.82, 2.24) is 9.97 Å². The van der Waals surface area contributed by atoms with E-state index in [2.05, 4.69) is 14.7 Å².